The van der Waals surface area contributed by atoms with Crippen LogP contribution < -0.4 is 10.1 Å². The van der Waals surface area contributed by atoms with Crippen molar-refractivity contribution in [3.05, 3.63) is 64.9 Å². The van der Waals surface area contributed by atoms with Crippen LogP contribution in [0, 0.1) is 18.3 Å². The van der Waals surface area contributed by atoms with Crippen LogP contribution in [0.5, 0.6) is 5.75 Å². The number of nitrogens with one attached hydrogen (secondary N) is 1. The van der Waals surface area contributed by atoms with Crippen molar-refractivity contribution in [2.75, 3.05) is 0 Å². The average Bonchev–Trinajstić information content (AvgIpc) is 3.14. The van der Waals surface area contributed by atoms with Gasteiger partial charge in [-0.15, -0.1) is 5.10 Å². The third kappa shape index (κ3) is 5.59. The zero-order chi connectivity index (χ0) is 24.3. The van der Waals surface area contributed by atoms with E-state index in [0.717, 1.165) is 6.07 Å². The molecule has 172 valence electrons. The number of pyridine rings is 1. The predicted octanol–water partition coefficient (Wildman–Crippen LogP) is 3.95. The second-order valence-corrected chi connectivity index (χ2v) is 6.76. The molecule has 1 atom stereocenters. The molecule has 3 rings (SSSR count). The van der Waals surface area contributed by atoms with Crippen LogP contribution in [0.2, 0.25) is 0 Å². The summed E-state index contributed by atoms with van der Waals surface area (Å²) in [7, 11) is 0. The molecule has 1 N–H and O–H groups in total. The number of carbonyl (C=O) groups excluding carboxylic acids is 1. The highest BCUT2D eigenvalue weighted by Gasteiger charge is 2.32. The van der Waals surface area contributed by atoms with Crippen LogP contribution in [-0.4, -0.2) is 32.3 Å². The van der Waals surface area contributed by atoms with Crippen LogP contribution in [0.15, 0.2) is 36.5 Å². The van der Waals surface area contributed by atoms with Gasteiger partial charge in [0.05, 0.1) is 17.2 Å². The van der Waals surface area contributed by atoms with Crippen molar-refractivity contribution in [2.24, 2.45) is 0 Å². The molecule has 0 aliphatic carbocycles. The molecule has 0 spiro atoms. The van der Waals surface area contributed by atoms with Gasteiger partial charge in [0.15, 0.2) is 11.6 Å². The van der Waals surface area contributed by atoms with Crippen molar-refractivity contribution in [3.8, 4) is 17.6 Å². The van der Waals surface area contributed by atoms with Crippen LogP contribution in [0.1, 0.15) is 46.1 Å². The van der Waals surface area contributed by atoms with Crippen molar-refractivity contribution in [1.82, 2.24) is 25.1 Å². The largest absolute Gasteiger partial charge is 0.435 e. The molecule has 0 saturated heterocycles. The summed E-state index contributed by atoms with van der Waals surface area (Å²) in [5.41, 5.74) is -1.55. The summed E-state index contributed by atoms with van der Waals surface area (Å²) in [4.78, 5) is 21.0. The Morgan fingerprint density at radius 1 is 1.24 bits per heavy atom. The molecule has 0 aliphatic rings. The minimum absolute atomic E-state index is 0.203. The molecule has 33 heavy (non-hydrogen) atoms. The molecule has 0 aliphatic heterocycles. The first-order valence-corrected chi connectivity index (χ1v) is 9.26. The minimum Gasteiger partial charge on any atom is -0.435 e. The third-order valence-corrected chi connectivity index (χ3v) is 4.29. The van der Waals surface area contributed by atoms with Gasteiger partial charge in [-0.05, 0) is 44.2 Å². The number of alkyl halides is 5. The number of aromatic nitrogens is 4. The van der Waals surface area contributed by atoms with Crippen molar-refractivity contribution < 1.29 is 31.5 Å². The molecule has 3 aromatic rings. The van der Waals surface area contributed by atoms with Crippen LogP contribution in [0.25, 0.3) is 5.82 Å². The lowest BCUT2D eigenvalue weighted by atomic mass is 10.1. The highest BCUT2D eigenvalue weighted by molar-refractivity contribution is 5.95. The van der Waals surface area contributed by atoms with E-state index in [-0.39, 0.29) is 11.6 Å². The molecule has 0 radical (unpaired) electrons. The summed E-state index contributed by atoms with van der Waals surface area (Å²) < 4.78 is 69.9. The number of amides is 1. The Hall–Kier alpha value is -4.08. The van der Waals surface area contributed by atoms with E-state index in [9.17, 15) is 26.7 Å². The van der Waals surface area contributed by atoms with E-state index in [1.54, 1.807) is 6.92 Å². The fourth-order valence-electron chi connectivity index (χ4n) is 2.87. The first-order chi connectivity index (χ1) is 15.5. The van der Waals surface area contributed by atoms with E-state index in [2.05, 4.69) is 25.1 Å². The molecule has 2 heterocycles. The Morgan fingerprint density at radius 2 is 1.97 bits per heavy atom. The maximum Gasteiger partial charge on any atom is 0.416 e. The minimum atomic E-state index is -4.89. The molecule has 13 heteroatoms. The zero-order valence-corrected chi connectivity index (χ0v) is 17.1. The molecule has 1 unspecified atom stereocenters. The van der Waals surface area contributed by atoms with Crippen LogP contribution in [0.3, 0.4) is 0 Å². The predicted molar refractivity (Wildman–Crippen MR) is 103 cm³/mol. The summed E-state index contributed by atoms with van der Waals surface area (Å²) in [6, 6.07) is 5.74. The first kappa shape index (κ1) is 23.6. The van der Waals surface area contributed by atoms with E-state index < -0.39 is 41.6 Å². The molecule has 2 aromatic heterocycles. The smallest absolute Gasteiger partial charge is 0.416 e. The lowest BCUT2D eigenvalue weighted by molar-refractivity contribution is -0.138. The van der Waals surface area contributed by atoms with E-state index in [0.29, 0.717) is 23.5 Å². The van der Waals surface area contributed by atoms with Crippen LogP contribution in [-0.2, 0) is 6.18 Å². The number of ether oxygens (including phenoxy) is 1. The number of nitrogens with zero attached hydrogens (tertiary/aromatic N) is 5. The fourth-order valence-corrected chi connectivity index (χ4v) is 2.87. The lowest BCUT2D eigenvalue weighted by Gasteiger charge is -2.16. The van der Waals surface area contributed by atoms with Gasteiger partial charge >= 0.3 is 12.8 Å². The van der Waals surface area contributed by atoms with Crippen LogP contribution >= 0.6 is 0 Å². The third-order valence-electron chi connectivity index (χ3n) is 4.29. The first-order valence-electron chi connectivity index (χ1n) is 9.26. The van der Waals surface area contributed by atoms with Gasteiger partial charge in [-0.25, -0.2) is 9.97 Å². The number of hydrogen-bond acceptors (Lipinski definition) is 6. The SMILES string of the molecule is Cc1nc(C(C)NC(=O)c2cc(OC(F)F)cc(C(F)(F)F)c2)n(-c2ccc(C#N)cn2)n1. The second-order valence-electron chi connectivity index (χ2n) is 6.76. The monoisotopic (exact) mass is 466 g/mol. The maximum atomic E-state index is 13.2. The molecule has 0 fully saturated rings. The summed E-state index contributed by atoms with van der Waals surface area (Å²) >= 11 is 0. The van der Waals surface area contributed by atoms with Gasteiger partial charge in [0.2, 0.25) is 0 Å². The molecule has 0 saturated carbocycles. The maximum absolute atomic E-state index is 13.2. The average molecular weight is 466 g/mol. The molecular formula is C20H15F5N6O2. The lowest BCUT2D eigenvalue weighted by Crippen LogP contribution is -2.29. The number of carbonyl (C=O) groups is 1. The normalized spacial score (nSPS) is 12.3. The van der Waals surface area contributed by atoms with E-state index in [4.69, 9.17) is 5.26 Å². The number of rotatable bonds is 6. The van der Waals surface area contributed by atoms with E-state index >= 15 is 0 Å². The van der Waals surface area contributed by atoms with Gasteiger partial charge in [0.1, 0.15) is 17.6 Å². The molecule has 1 amide bonds. The molecular weight excluding hydrogens is 451 g/mol. The number of benzene rings is 1. The Balaban J connectivity index is 1.90. The Kier molecular flexibility index (Phi) is 6.57. The highest BCUT2D eigenvalue weighted by Crippen LogP contribution is 2.33. The fraction of sp³-hybridized carbons (Fsp3) is 0.250. The van der Waals surface area contributed by atoms with Crippen molar-refractivity contribution in [2.45, 2.75) is 32.7 Å². The van der Waals surface area contributed by atoms with Gasteiger partial charge < -0.3 is 10.1 Å². The van der Waals surface area contributed by atoms with Gasteiger partial charge in [0, 0.05) is 11.8 Å². The quantitative estimate of drug-likeness (QED) is 0.552. The van der Waals surface area contributed by atoms with E-state index in [1.165, 1.54) is 29.9 Å². The zero-order valence-electron chi connectivity index (χ0n) is 17.1. The second kappa shape index (κ2) is 9.19. The molecule has 1 aromatic carbocycles. The molecule has 0 bridgehead atoms. The van der Waals surface area contributed by atoms with Crippen molar-refractivity contribution >= 4 is 5.91 Å². The topological polar surface area (TPSA) is 106 Å². The van der Waals surface area contributed by atoms with E-state index in [1.807, 2.05) is 6.07 Å². The Morgan fingerprint density at radius 3 is 2.55 bits per heavy atom. The van der Waals surface area contributed by atoms with Gasteiger partial charge in [-0.2, -0.15) is 31.9 Å². The Bertz CT molecular complexity index is 1200. The Labute approximate surface area is 183 Å². The summed E-state index contributed by atoms with van der Waals surface area (Å²) in [5, 5.41) is 15.6. The number of halogens is 5. The number of hydrogen-bond donors (Lipinski definition) is 1. The van der Waals surface area contributed by atoms with Crippen molar-refractivity contribution in [3.63, 3.8) is 0 Å². The molecule has 8 nitrogen and oxygen atoms in total. The highest BCUT2D eigenvalue weighted by atomic mass is 19.4. The van der Waals surface area contributed by atoms with Crippen molar-refractivity contribution in [1.29, 1.82) is 5.26 Å². The number of aryl methyl sites for hydroxylation is 1. The standard InChI is InChI=1S/C20H15F5N6O2/c1-10(17-29-11(2)30-31(17)16-4-3-12(8-26)9-27-16)28-18(32)13-5-14(20(23,24)25)7-15(6-13)33-19(21)22/h3-7,9-10,19H,1-2H3,(H,28,32). The van der Waals surface area contributed by atoms with Gasteiger partial charge in [0.25, 0.3) is 5.91 Å². The summed E-state index contributed by atoms with van der Waals surface area (Å²) in [6.45, 7) is -0.283. The van der Waals surface area contributed by atoms with Crippen LogP contribution in [0.4, 0.5) is 22.0 Å². The van der Waals surface area contributed by atoms with Gasteiger partial charge in [-0.1, -0.05) is 0 Å². The summed E-state index contributed by atoms with van der Waals surface area (Å²) in [5.74, 6) is -0.971. The number of nitriles is 1. The van der Waals surface area contributed by atoms with Gasteiger partial charge in [-0.3, -0.25) is 4.79 Å². The summed E-state index contributed by atoms with van der Waals surface area (Å²) in [6.07, 6.45) is -3.58.